The van der Waals surface area contributed by atoms with Gasteiger partial charge in [-0.3, -0.25) is 9.78 Å². The summed E-state index contributed by atoms with van der Waals surface area (Å²) in [6.07, 6.45) is 3.63. The quantitative estimate of drug-likeness (QED) is 0.779. The summed E-state index contributed by atoms with van der Waals surface area (Å²) >= 11 is 5.55. The standard InChI is InChI=1S/C8H7ClN2O2/c9-7-3-10-6(2-11-7)4-1-5(4)8(12)13/h2-5H,1H2,(H,12,13). The van der Waals surface area contributed by atoms with Gasteiger partial charge in [0, 0.05) is 5.92 Å². The van der Waals surface area contributed by atoms with Gasteiger partial charge in [-0.1, -0.05) is 11.6 Å². The van der Waals surface area contributed by atoms with Crippen molar-refractivity contribution in [1.82, 2.24) is 9.97 Å². The van der Waals surface area contributed by atoms with Crippen molar-refractivity contribution < 1.29 is 9.90 Å². The Kier molecular flexibility index (Phi) is 1.92. The number of rotatable bonds is 2. The van der Waals surface area contributed by atoms with Gasteiger partial charge < -0.3 is 5.11 Å². The minimum Gasteiger partial charge on any atom is -0.481 e. The Balaban J connectivity index is 2.12. The molecule has 1 N–H and O–H groups in total. The van der Waals surface area contributed by atoms with Crippen LogP contribution in [0.4, 0.5) is 0 Å². The van der Waals surface area contributed by atoms with Gasteiger partial charge in [0.05, 0.1) is 24.0 Å². The molecule has 1 aliphatic carbocycles. The molecule has 2 unspecified atom stereocenters. The Morgan fingerprint density at radius 2 is 2.31 bits per heavy atom. The van der Waals surface area contributed by atoms with Crippen molar-refractivity contribution in [3.63, 3.8) is 0 Å². The molecular weight excluding hydrogens is 192 g/mol. The molecule has 4 nitrogen and oxygen atoms in total. The Bertz CT molecular complexity index is 339. The van der Waals surface area contributed by atoms with Gasteiger partial charge in [-0.05, 0) is 6.42 Å². The summed E-state index contributed by atoms with van der Waals surface area (Å²) in [4.78, 5) is 18.4. The molecule has 1 aromatic rings. The second-order valence-electron chi connectivity index (χ2n) is 3.05. The monoisotopic (exact) mass is 198 g/mol. The summed E-state index contributed by atoms with van der Waals surface area (Å²) in [5, 5.41) is 9.00. The number of hydrogen-bond acceptors (Lipinski definition) is 3. The number of halogens is 1. The largest absolute Gasteiger partial charge is 0.481 e. The molecule has 0 aromatic carbocycles. The average molecular weight is 199 g/mol. The smallest absolute Gasteiger partial charge is 0.307 e. The Morgan fingerprint density at radius 1 is 1.54 bits per heavy atom. The minimum atomic E-state index is -0.762. The number of aliphatic carboxylic acids is 1. The molecule has 1 heterocycles. The number of aromatic nitrogens is 2. The zero-order chi connectivity index (χ0) is 9.42. The second-order valence-corrected chi connectivity index (χ2v) is 3.44. The molecule has 0 saturated heterocycles. The summed E-state index contributed by atoms with van der Waals surface area (Å²) in [7, 11) is 0. The van der Waals surface area contributed by atoms with E-state index >= 15 is 0 Å². The predicted molar refractivity (Wildman–Crippen MR) is 45.5 cm³/mol. The van der Waals surface area contributed by atoms with Crippen molar-refractivity contribution in [2.45, 2.75) is 12.3 Å². The average Bonchev–Trinajstić information content (AvgIpc) is 2.85. The molecule has 0 radical (unpaired) electrons. The molecule has 1 aliphatic rings. The van der Waals surface area contributed by atoms with Crippen LogP contribution in [0.1, 0.15) is 18.0 Å². The number of carboxylic acid groups (broad SMARTS) is 1. The first-order chi connectivity index (χ1) is 6.18. The van der Waals surface area contributed by atoms with Gasteiger partial charge in [-0.25, -0.2) is 4.98 Å². The highest BCUT2D eigenvalue weighted by Gasteiger charge is 2.45. The van der Waals surface area contributed by atoms with E-state index in [1.807, 2.05) is 0 Å². The molecule has 1 saturated carbocycles. The topological polar surface area (TPSA) is 63.1 Å². The highest BCUT2D eigenvalue weighted by Crippen LogP contribution is 2.46. The molecular formula is C8H7ClN2O2. The van der Waals surface area contributed by atoms with Crippen LogP contribution >= 0.6 is 11.6 Å². The summed E-state index contributed by atoms with van der Waals surface area (Å²) in [6.45, 7) is 0. The van der Waals surface area contributed by atoms with E-state index in [0.717, 1.165) is 5.69 Å². The summed E-state index contributed by atoms with van der Waals surface area (Å²) in [5.41, 5.74) is 0.719. The van der Waals surface area contributed by atoms with Gasteiger partial charge in [-0.2, -0.15) is 0 Å². The lowest BCUT2D eigenvalue weighted by Crippen LogP contribution is -2.00. The minimum absolute atomic E-state index is 0.0299. The van der Waals surface area contributed by atoms with E-state index in [9.17, 15) is 4.79 Å². The Hall–Kier alpha value is -1.16. The van der Waals surface area contributed by atoms with Crippen LogP contribution < -0.4 is 0 Å². The molecule has 1 fully saturated rings. The first kappa shape index (κ1) is 8.44. The van der Waals surface area contributed by atoms with Crippen LogP contribution in [0.2, 0.25) is 5.15 Å². The lowest BCUT2D eigenvalue weighted by atomic mass is 10.2. The summed E-state index contributed by atoms with van der Waals surface area (Å²) in [5.74, 6) is -1.01. The van der Waals surface area contributed by atoms with Crippen molar-refractivity contribution in [3.8, 4) is 0 Å². The van der Waals surface area contributed by atoms with Crippen molar-refractivity contribution in [2.75, 3.05) is 0 Å². The lowest BCUT2D eigenvalue weighted by Gasteiger charge is -1.95. The highest BCUT2D eigenvalue weighted by atomic mass is 35.5. The van der Waals surface area contributed by atoms with Gasteiger partial charge >= 0.3 is 5.97 Å². The lowest BCUT2D eigenvalue weighted by molar-refractivity contribution is -0.138. The normalized spacial score (nSPS) is 25.6. The van der Waals surface area contributed by atoms with Crippen molar-refractivity contribution in [1.29, 1.82) is 0 Å². The third-order valence-electron chi connectivity index (χ3n) is 2.13. The maximum Gasteiger partial charge on any atom is 0.307 e. The van der Waals surface area contributed by atoms with Crippen LogP contribution in [0.3, 0.4) is 0 Å². The van der Waals surface area contributed by atoms with E-state index in [4.69, 9.17) is 16.7 Å². The fourth-order valence-electron chi connectivity index (χ4n) is 1.31. The molecule has 0 spiro atoms. The number of hydrogen-bond donors (Lipinski definition) is 1. The first-order valence-electron chi connectivity index (χ1n) is 3.88. The molecule has 68 valence electrons. The molecule has 2 rings (SSSR count). The fraction of sp³-hybridized carbons (Fsp3) is 0.375. The zero-order valence-electron chi connectivity index (χ0n) is 6.64. The van der Waals surface area contributed by atoms with Gasteiger partial charge in [0.2, 0.25) is 0 Å². The van der Waals surface area contributed by atoms with Crippen LogP contribution in [0.5, 0.6) is 0 Å². The molecule has 5 heteroatoms. The molecule has 2 atom stereocenters. The van der Waals surface area contributed by atoms with E-state index in [2.05, 4.69) is 9.97 Å². The first-order valence-corrected chi connectivity index (χ1v) is 4.26. The third kappa shape index (κ3) is 1.62. The molecule has 13 heavy (non-hydrogen) atoms. The van der Waals surface area contributed by atoms with Crippen LogP contribution in [0, 0.1) is 5.92 Å². The van der Waals surface area contributed by atoms with Crippen LogP contribution in [0.25, 0.3) is 0 Å². The van der Waals surface area contributed by atoms with Crippen molar-refractivity contribution >= 4 is 17.6 Å². The van der Waals surface area contributed by atoms with Gasteiger partial charge in [0.1, 0.15) is 5.15 Å². The van der Waals surface area contributed by atoms with E-state index in [1.165, 1.54) is 12.4 Å². The molecule has 0 amide bonds. The van der Waals surface area contributed by atoms with E-state index < -0.39 is 5.97 Å². The SMILES string of the molecule is O=C(O)C1CC1c1cnc(Cl)cn1. The number of carboxylic acids is 1. The van der Waals surface area contributed by atoms with Crippen LogP contribution in [-0.4, -0.2) is 21.0 Å². The van der Waals surface area contributed by atoms with Gasteiger partial charge in [0.15, 0.2) is 0 Å². The third-order valence-corrected chi connectivity index (χ3v) is 2.32. The van der Waals surface area contributed by atoms with E-state index in [0.29, 0.717) is 11.6 Å². The van der Waals surface area contributed by atoms with Gasteiger partial charge in [-0.15, -0.1) is 0 Å². The predicted octanol–water partition coefficient (Wildman–Crippen LogP) is 1.32. The van der Waals surface area contributed by atoms with Crippen LogP contribution in [0.15, 0.2) is 12.4 Å². The highest BCUT2D eigenvalue weighted by molar-refractivity contribution is 6.29. The summed E-state index contributed by atoms with van der Waals surface area (Å²) < 4.78 is 0. The Morgan fingerprint density at radius 3 is 2.77 bits per heavy atom. The van der Waals surface area contributed by atoms with Crippen LogP contribution in [-0.2, 0) is 4.79 Å². The maximum atomic E-state index is 10.5. The zero-order valence-corrected chi connectivity index (χ0v) is 7.40. The number of carbonyl (C=O) groups is 1. The van der Waals surface area contributed by atoms with Crippen molar-refractivity contribution in [2.24, 2.45) is 5.92 Å². The van der Waals surface area contributed by atoms with Gasteiger partial charge in [0.25, 0.3) is 0 Å². The van der Waals surface area contributed by atoms with Crippen molar-refractivity contribution in [3.05, 3.63) is 23.2 Å². The summed E-state index contributed by atoms with van der Waals surface area (Å²) in [6, 6.07) is 0. The molecule has 0 bridgehead atoms. The second kappa shape index (κ2) is 2.96. The Labute approximate surface area is 79.6 Å². The maximum absolute atomic E-state index is 10.5. The fourth-order valence-corrected chi connectivity index (χ4v) is 1.41. The van der Waals surface area contributed by atoms with E-state index in [1.54, 1.807) is 0 Å². The van der Waals surface area contributed by atoms with E-state index in [-0.39, 0.29) is 11.8 Å². The molecule has 1 aromatic heterocycles. The number of nitrogens with zero attached hydrogens (tertiary/aromatic N) is 2. The molecule has 0 aliphatic heterocycles.